The number of para-hydroxylation sites is 1. The molecule has 0 unspecified atom stereocenters. The molecule has 2 aromatic carbocycles. The minimum Gasteiger partial charge on any atom is -0.341 e. The molecule has 3 saturated heterocycles. The molecule has 204 valence electrons. The van der Waals surface area contributed by atoms with Crippen LogP contribution in [0.25, 0.3) is 0 Å². The van der Waals surface area contributed by atoms with Gasteiger partial charge in [-0.25, -0.2) is 8.42 Å². The van der Waals surface area contributed by atoms with Crippen molar-refractivity contribution in [1.82, 2.24) is 14.1 Å². The van der Waals surface area contributed by atoms with Crippen LogP contribution in [0.15, 0.2) is 59.5 Å². The molecule has 3 fully saturated rings. The fourth-order valence-corrected chi connectivity index (χ4v) is 7.12. The van der Waals surface area contributed by atoms with Gasteiger partial charge in [0.1, 0.15) is 12.1 Å². The first kappa shape index (κ1) is 26.5. The van der Waals surface area contributed by atoms with Crippen molar-refractivity contribution in [3.63, 3.8) is 0 Å². The van der Waals surface area contributed by atoms with E-state index in [2.05, 4.69) is 0 Å². The maximum atomic E-state index is 13.8. The number of piperidine rings is 1. The summed E-state index contributed by atoms with van der Waals surface area (Å²) in [6.07, 6.45) is -2.49. The highest BCUT2D eigenvalue weighted by Gasteiger charge is 2.55. The summed E-state index contributed by atoms with van der Waals surface area (Å²) in [5, 5.41) is 0. The van der Waals surface area contributed by atoms with Crippen molar-refractivity contribution in [1.29, 1.82) is 0 Å². The first-order valence-electron chi connectivity index (χ1n) is 12.6. The van der Waals surface area contributed by atoms with E-state index < -0.39 is 32.2 Å². The van der Waals surface area contributed by atoms with E-state index in [4.69, 9.17) is 0 Å². The third-order valence-electron chi connectivity index (χ3n) is 7.72. The molecule has 0 saturated carbocycles. The number of sulfonamides is 1. The number of nitrogens with zero attached hydrogens (tertiary/aromatic N) is 4. The quantitative estimate of drug-likeness (QED) is 0.572. The van der Waals surface area contributed by atoms with E-state index in [9.17, 15) is 31.2 Å². The van der Waals surface area contributed by atoms with E-state index in [0.29, 0.717) is 19.2 Å². The lowest BCUT2D eigenvalue weighted by Gasteiger charge is -2.42. The first-order chi connectivity index (χ1) is 18.0. The molecule has 3 aliphatic heterocycles. The van der Waals surface area contributed by atoms with Gasteiger partial charge in [-0.1, -0.05) is 24.3 Å². The van der Waals surface area contributed by atoms with Crippen LogP contribution in [-0.4, -0.2) is 79.3 Å². The van der Waals surface area contributed by atoms with E-state index in [1.54, 1.807) is 4.90 Å². The van der Waals surface area contributed by atoms with Gasteiger partial charge in [0.2, 0.25) is 21.8 Å². The zero-order chi connectivity index (χ0) is 27.1. The molecule has 2 aromatic rings. The molecule has 12 heteroatoms. The Kier molecular flexibility index (Phi) is 6.89. The number of likely N-dealkylation sites (tertiary alicyclic amines) is 1. The van der Waals surface area contributed by atoms with Crippen LogP contribution in [0.3, 0.4) is 0 Å². The second kappa shape index (κ2) is 9.88. The van der Waals surface area contributed by atoms with Crippen molar-refractivity contribution in [3.8, 4) is 0 Å². The van der Waals surface area contributed by atoms with Crippen LogP contribution in [0.1, 0.15) is 31.2 Å². The monoisotopic (exact) mass is 550 g/mol. The topological polar surface area (TPSA) is 81.2 Å². The van der Waals surface area contributed by atoms with Crippen LogP contribution < -0.4 is 4.90 Å². The van der Waals surface area contributed by atoms with Gasteiger partial charge in [0.25, 0.3) is 0 Å². The summed E-state index contributed by atoms with van der Waals surface area (Å²) in [7, 11) is -4.21. The summed E-state index contributed by atoms with van der Waals surface area (Å²) >= 11 is 0. The number of hydrogen-bond acceptors (Lipinski definition) is 5. The van der Waals surface area contributed by atoms with Gasteiger partial charge in [-0.2, -0.15) is 17.5 Å². The van der Waals surface area contributed by atoms with Gasteiger partial charge in [0, 0.05) is 31.9 Å². The molecular weight excluding hydrogens is 521 g/mol. The molecular formula is C26H29F3N4O4S. The second-order valence-corrected chi connectivity index (χ2v) is 11.9. The number of carbonyl (C=O) groups excluding carboxylic acids is 2. The number of carbonyl (C=O) groups is 2. The summed E-state index contributed by atoms with van der Waals surface area (Å²) in [5.41, 5.74) is -1.30. The lowest BCUT2D eigenvalue weighted by Crippen LogP contribution is -2.57. The Morgan fingerprint density at radius 1 is 0.921 bits per heavy atom. The molecule has 0 aromatic heterocycles. The molecule has 0 N–H and O–H groups in total. The molecule has 0 radical (unpaired) electrons. The van der Waals surface area contributed by atoms with Crippen molar-refractivity contribution in [2.24, 2.45) is 0 Å². The van der Waals surface area contributed by atoms with Crippen LogP contribution in [0.5, 0.6) is 0 Å². The zero-order valence-electron chi connectivity index (χ0n) is 20.7. The standard InChI is InChI=1S/C26H29F3N4O4S/c27-26(28,29)20-7-6-10-22(17-20)38(36,37)32-15-11-25(12-16-32)24(35)31(18-23(34)30-13-4-5-14-30)19-33(25)21-8-2-1-3-9-21/h1-3,6-10,17H,4-5,11-16,18-19H2. The molecule has 3 heterocycles. The number of halogens is 3. The smallest absolute Gasteiger partial charge is 0.341 e. The SMILES string of the molecule is O=C(CN1CN(c2ccccc2)C2(CCN(S(=O)(=O)c3cccc(C(F)(F)F)c3)CC2)C1=O)N1CCCC1. The Morgan fingerprint density at radius 2 is 1.58 bits per heavy atom. The van der Waals surface area contributed by atoms with Gasteiger partial charge >= 0.3 is 6.18 Å². The Hall–Kier alpha value is -3.12. The van der Waals surface area contributed by atoms with Crippen molar-refractivity contribution >= 4 is 27.5 Å². The summed E-state index contributed by atoms with van der Waals surface area (Å²) < 4.78 is 67.2. The fourth-order valence-electron chi connectivity index (χ4n) is 5.63. The first-order valence-corrected chi connectivity index (χ1v) is 14.0. The third-order valence-corrected chi connectivity index (χ3v) is 9.61. The highest BCUT2D eigenvalue weighted by molar-refractivity contribution is 7.89. The van der Waals surface area contributed by atoms with Gasteiger partial charge < -0.3 is 14.7 Å². The number of alkyl halides is 3. The Balaban J connectivity index is 1.38. The number of anilines is 1. The normalized spacial score (nSPS) is 20.5. The van der Waals surface area contributed by atoms with Gasteiger partial charge in [-0.05, 0) is 56.0 Å². The van der Waals surface area contributed by atoms with E-state index in [1.807, 2.05) is 35.2 Å². The number of amides is 2. The average molecular weight is 551 g/mol. The highest BCUT2D eigenvalue weighted by atomic mass is 32.2. The van der Waals surface area contributed by atoms with Gasteiger partial charge in [0.15, 0.2) is 0 Å². The maximum absolute atomic E-state index is 13.8. The summed E-state index contributed by atoms with van der Waals surface area (Å²) in [6, 6.07) is 13.0. The highest BCUT2D eigenvalue weighted by Crippen LogP contribution is 2.41. The van der Waals surface area contributed by atoms with Crippen molar-refractivity contribution in [2.75, 3.05) is 44.3 Å². The van der Waals surface area contributed by atoms with Crippen LogP contribution in [0, 0.1) is 0 Å². The van der Waals surface area contributed by atoms with Crippen molar-refractivity contribution < 1.29 is 31.2 Å². The van der Waals surface area contributed by atoms with Gasteiger partial charge in [-0.15, -0.1) is 0 Å². The summed E-state index contributed by atoms with van der Waals surface area (Å²) in [4.78, 5) is 31.5. The zero-order valence-corrected chi connectivity index (χ0v) is 21.5. The van der Waals surface area contributed by atoms with E-state index in [-0.39, 0.29) is 51.0 Å². The fraction of sp³-hybridized carbons (Fsp3) is 0.462. The molecule has 0 atom stereocenters. The van der Waals surface area contributed by atoms with Crippen LogP contribution >= 0.6 is 0 Å². The molecule has 0 aliphatic carbocycles. The number of rotatable bonds is 5. The third kappa shape index (κ3) is 4.75. The number of benzene rings is 2. The maximum Gasteiger partial charge on any atom is 0.416 e. The van der Waals surface area contributed by atoms with Gasteiger partial charge in [0.05, 0.1) is 17.1 Å². The molecule has 3 aliphatic rings. The minimum atomic E-state index is -4.67. The van der Waals surface area contributed by atoms with Crippen LogP contribution in [0.2, 0.25) is 0 Å². The molecule has 5 rings (SSSR count). The van der Waals surface area contributed by atoms with E-state index in [0.717, 1.165) is 41.0 Å². The lowest BCUT2D eigenvalue weighted by molar-refractivity contribution is -0.140. The summed E-state index contributed by atoms with van der Waals surface area (Å²) in [5.74, 6) is -0.338. The Bertz CT molecular complexity index is 1310. The van der Waals surface area contributed by atoms with Crippen molar-refractivity contribution in [2.45, 2.75) is 42.3 Å². The molecule has 2 amide bonds. The molecule has 1 spiro atoms. The summed E-state index contributed by atoms with van der Waals surface area (Å²) in [6.45, 7) is 1.43. The Morgan fingerprint density at radius 3 is 2.21 bits per heavy atom. The lowest BCUT2D eigenvalue weighted by atomic mass is 9.86. The van der Waals surface area contributed by atoms with Crippen molar-refractivity contribution in [3.05, 3.63) is 60.2 Å². The largest absolute Gasteiger partial charge is 0.416 e. The number of hydrogen-bond donors (Lipinski definition) is 0. The van der Waals surface area contributed by atoms with E-state index in [1.165, 1.54) is 4.90 Å². The van der Waals surface area contributed by atoms with E-state index >= 15 is 0 Å². The van der Waals surface area contributed by atoms with Crippen LogP contribution in [0.4, 0.5) is 18.9 Å². The predicted molar refractivity (Wildman–Crippen MR) is 133 cm³/mol. The molecule has 0 bridgehead atoms. The second-order valence-electron chi connectivity index (χ2n) is 9.96. The molecule has 38 heavy (non-hydrogen) atoms. The predicted octanol–water partition coefficient (Wildman–Crippen LogP) is 3.16. The van der Waals surface area contributed by atoms with Crippen LogP contribution in [-0.2, 0) is 25.8 Å². The Labute approximate surface area is 219 Å². The average Bonchev–Trinajstić information content (AvgIpc) is 3.53. The molecule has 8 nitrogen and oxygen atoms in total. The minimum absolute atomic E-state index is 0.0401. The van der Waals surface area contributed by atoms with Gasteiger partial charge in [-0.3, -0.25) is 9.59 Å².